The van der Waals surface area contributed by atoms with Gasteiger partial charge < -0.3 is 15.1 Å². The van der Waals surface area contributed by atoms with Gasteiger partial charge in [-0.05, 0) is 64.2 Å². The van der Waals surface area contributed by atoms with E-state index in [0.29, 0.717) is 17.9 Å². The molecule has 0 aliphatic rings. The van der Waals surface area contributed by atoms with Gasteiger partial charge in [-0.25, -0.2) is 9.97 Å². The smallest absolute Gasteiger partial charge is 0.256 e. The molecule has 0 aliphatic carbocycles. The molecule has 1 atom stereocenters. The van der Waals surface area contributed by atoms with Crippen LogP contribution in [0.25, 0.3) is 16.8 Å². The van der Waals surface area contributed by atoms with Crippen LogP contribution in [-0.2, 0) is 11.2 Å². The second-order valence-corrected chi connectivity index (χ2v) is 10.2. The van der Waals surface area contributed by atoms with Crippen molar-refractivity contribution in [1.82, 2.24) is 29.2 Å². The van der Waals surface area contributed by atoms with Gasteiger partial charge in [-0.3, -0.25) is 19.0 Å². The Morgan fingerprint density at radius 2 is 1.82 bits per heavy atom. The van der Waals surface area contributed by atoms with E-state index in [1.54, 1.807) is 42.6 Å². The minimum absolute atomic E-state index is 0.0940. The van der Waals surface area contributed by atoms with Crippen LogP contribution in [0.15, 0.2) is 67.1 Å². The summed E-state index contributed by atoms with van der Waals surface area (Å²) in [6.07, 6.45) is 10.7. The van der Waals surface area contributed by atoms with Crippen LogP contribution in [0.4, 0.5) is 5.82 Å². The molecule has 3 heterocycles. The molecule has 9 nitrogen and oxygen atoms in total. The largest absolute Gasteiger partial charge is 0.332 e. The maximum atomic E-state index is 12.9. The molecule has 3 aromatic heterocycles. The zero-order valence-corrected chi connectivity index (χ0v) is 24.0. The van der Waals surface area contributed by atoms with Gasteiger partial charge in [0.15, 0.2) is 0 Å². The van der Waals surface area contributed by atoms with Crippen LogP contribution in [0.5, 0.6) is 0 Å². The summed E-state index contributed by atoms with van der Waals surface area (Å²) in [6.45, 7) is 6.71. The normalized spacial score (nSPS) is 12.3. The number of carbonyl (C=O) groups excluding carboxylic acids is 2. The van der Waals surface area contributed by atoms with Crippen LogP contribution in [0.1, 0.15) is 53.7 Å². The van der Waals surface area contributed by atoms with Gasteiger partial charge in [0.2, 0.25) is 5.91 Å². The van der Waals surface area contributed by atoms with Crippen molar-refractivity contribution in [3.05, 3.63) is 89.8 Å². The third kappa shape index (κ3) is 6.43. The van der Waals surface area contributed by atoms with E-state index in [-0.39, 0.29) is 17.9 Å². The first-order chi connectivity index (χ1) is 19.2. The number of pyridine rings is 1. The van der Waals surface area contributed by atoms with E-state index >= 15 is 0 Å². The number of aryl methyl sites for hydroxylation is 2. The minimum atomic E-state index is -0.291. The maximum Gasteiger partial charge on any atom is 0.256 e. The number of fused-ring (bicyclic) bond motifs is 1. The maximum absolute atomic E-state index is 12.9. The van der Waals surface area contributed by atoms with Gasteiger partial charge in [0.1, 0.15) is 11.6 Å². The summed E-state index contributed by atoms with van der Waals surface area (Å²) in [6, 6.07) is 10.9. The monoisotopic (exact) mass is 539 g/mol. The molecule has 4 aromatic rings. The third-order valence-corrected chi connectivity index (χ3v) is 6.82. The fraction of sp³-hybridized carbons (Fsp3) is 0.323. The molecular weight excluding hydrogens is 502 g/mol. The first-order valence-electron chi connectivity index (χ1n) is 13.5. The summed E-state index contributed by atoms with van der Waals surface area (Å²) in [4.78, 5) is 43.2. The predicted octanol–water partition coefficient (Wildman–Crippen LogP) is 4.94. The molecule has 0 aliphatic heterocycles. The van der Waals surface area contributed by atoms with Crippen molar-refractivity contribution in [2.75, 3.05) is 33.0 Å². The summed E-state index contributed by atoms with van der Waals surface area (Å²) in [7, 11) is 5.69. The number of aromatic nitrogens is 4. The van der Waals surface area contributed by atoms with Gasteiger partial charge in [-0.2, -0.15) is 0 Å². The summed E-state index contributed by atoms with van der Waals surface area (Å²) in [5, 5.41) is 2.89. The number of hydrogen-bond donors (Lipinski definition) is 1. The molecular formula is C31H37N7O2. The Hall–Kier alpha value is -4.37. The van der Waals surface area contributed by atoms with Crippen molar-refractivity contribution in [3.8, 4) is 11.3 Å². The Bertz CT molecular complexity index is 1520. The number of benzene rings is 1. The van der Waals surface area contributed by atoms with Crippen molar-refractivity contribution in [2.45, 2.75) is 39.7 Å². The second kappa shape index (κ2) is 12.7. The highest BCUT2D eigenvalue weighted by atomic mass is 16.2. The number of carbonyl (C=O) groups is 2. The van der Waals surface area contributed by atoms with Crippen LogP contribution in [0.2, 0.25) is 0 Å². The van der Waals surface area contributed by atoms with Crippen LogP contribution in [0.3, 0.4) is 0 Å². The SMILES string of the molecule is CCCc1ccnc(NC(=O)c2ccc(-c3nc([C@H](C)N(C)C(=O)C=CCN(C)C)n4ccnc(C)c34)cc2)c1. The molecule has 1 N–H and O–H groups in total. The number of hydrogen-bond acceptors (Lipinski definition) is 6. The van der Waals surface area contributed by atoms with E-state index in [2.05, 4.69) is 22.2 Å². The van der Waals surface area contributed by atoms with Crippen LogP contribution < -0.4 is 5.32 Å². The van der Waals surface area contributed by atoms with Crippen molar-refractivity contribution in [2.24, 2.45) is 0 Å². The number of nitrogens with zero attached hydrogens (tertiary/aromatic N) is 6. The van der Waals surface area contributed by atoms with Crippen molar-refractivity contribution in [3.63, 3.8) is 0 Å². The van der Waals surface area contributed by atoms with E-state index in [1.807, 2.05) is 73.8 Å². The van der Waals surface area contributed by atoms with Gasteiger partial charge in [-0.15, -0.1) is 0 Å². The van der Waals surface area contributed by atoms with E-state index < -0.39 is 0 Å². The quantitative estimate of drug-likeness (QED) is 0.287. The molecule has 4 rings (SSSR count). The lowest BCUT2D eigenvalue weighted by Crippen LogP contribution is -2.29. The number of anilines is 1. The number of imidazole rings is 1. The molecule has 0 saturated heterocycles. The zero-order chi connectivity index (χ0) is 28.8. The van der Waals surface area contributed by atoms with Gasteiger partial charge in [-0.1, -0.05) is 31.6 Å². The molecule has 1 aromatic carbocycles. The average molecular weight is 540 g/mol. The Morgan fingerprint density at radius 1 is 1.07 bits per heavy atom. The lowest BCUT2D eigenvalue weighted by molar-refractivity contribution is -0.126. The highest BCUT2D eigenvalue weighted by Gasteiger charge is 2.24. The van der Waals surface area contributed by atoms with Crippen molar-refractivity contribution < 1.29 is 9.59 Å². The highest BCUT2D eigenvalue weighted by Crippen LogP contribution is 2.30. The molecule has 2 amide bonds. The lowest BCUT2D eigenvalue weighted by atomic mass is 10.1. The Balaban J connectivity index is 1.60. The van der Waals surface area contributed by atoms with Crippen LogP contribution in [0, 0.1) is 6.92 Å². The Morgan fingerprint density at radius 3 is 2.52 bits per heavy atom. The molecule has 0 fully saturated rings. The predicted molar refractivity (Wildman–Crippen MR) is 158 cm³/mol. The number of amides is 2. The molecule has 208 valence electrons. The molecule has 0 saturated carbocycles. The fourth-order valence-electron chi connectivity index (χ4n) is 4.52. The summed E-state index contributed by atoms with van der Waals surface area (Å²) in [5.74, 6) is 0.948. The summed E-state index contributed by atoms with van der Waals surface area (Å²) >= 11 is 0. The molecule has 0 radical (unpaired) electrons. The molecule has 0 spiro atoms. The van der Waals surface area contributed by atoms with E-state index in [0.717, 1.165) is 46.7 Å². The molecule has 0 bridgehead atoms. The topological polar surface area (TPSA) is 95.7 Å². The van der Waals surface area contributed by atoms with Crippen molar-refractivity contribution in [1.29, 1.82) is 0 Å². The minimum Gasteiger partial charge on any atom is -0.332 e. The van der Waals surface area contributed by atoms with Crippen LogP contribution >= 0.6 is 0 Å². The standard InChI is InChI=1S/C31H37N7O2/c1-7-9-23-15-16-33-26(20-23)34-31(40)25-13-11-24(12-14-25)28-29-21(2)32-17-19-38(29)30(35-28)22(3)37(6)27(39)10-8-18-36(4)5/h8,10-17,19-20,22H,7,9,18H2,1-6H3,(H,33,34,40)/t22-/m0/s1. The highest BCUT2D eigenvalue weighted by molar-refractivity contribution is 6.04. The van der Waals surface area contributed by atoms with Gasteiger partial charge in [0, 0.05) is 49.4 Å². The Labute approximate surface area is 235 Å². The lowest BCUT2D eigenvalue weighted by Gasteiger charge is -2.23. The van der Waals surface area contributed by atoms with Crippen LogP contribution in [-0.4, -0.2) is 68.7 Å². The Kier molecular flexibility index (Phi) is 9.06. The first kappa shape index (κ1) is 28.6. The van der Waals surface area contributed by atoms with Gasteiger partial charge in [0.25, 0.3) is 5.91 Å². The number of rotatable bonds is 10. The third-order valence-electron chi connectivity index (χ3n) is 6.82. The zero-order valence-electron chi connectivity index (χ0n) is 24.0. The fourth-order valence-corrected chi connectivity index (χ4v) is 4.52. The molecule has 40 heavy (non-hydrogen) atoms. The van der Waals surface area contributed by atoms with Gasteiger partial charge >= 0.3 is 0 Å². The average Bonchev–Trinajstić information content (AvgIpc) is 3.33. The summed E-state index contributed by atoms with van der Waals surface area (Å²) in [5.41, 5.74) is 4.95. The van der Waals surface area contributed by atoms with E-state index in [9.17, 15) is 9.59 Å². The first-order valence-corrected chi connectivity index (χ1v) is 13.5. The second-order valence-electron chi connectivity index (χ2n) is 10.2. The van der Waals surface area contributed by atoms with Gasteiger partial charge in [0.05, 0.1) is 22.9 Å². The summed E-state index contributed by atoms with van der Waals surface area (Å²) < 4.78 is 1.99. The number of likely N-dealkylation sites (N-methyl/N-ethyl adjacent to an activating group) is 2. The molecule has 9 heteroatoms. The molecule has 0 unspecified atom stereocenters. The van der Waals surface area contributed by atoms with E-state index in [1.165, 1.54) is 0 Å². The van der Waals surface area contributed by atoms with E-state index in [4.69, 9.17) is 4.98 Å². The van der Waals surface area contributed by atoms with Crippen molar-refractivity contribution >= 4 is 23.1 Å². The number of nitrogens with one attached hydrogen (secondary N) is 1.